The second-order valence-corrected chi connectivity index (χ2v) is 4.68. The molecule has 0 fully saturated rings. The van der Waals surface area contributed by atoms with E-state index in [-0.39, 0.29) is 5.52 Å². The van der Waals surface area contributed by atoms with Gasteiger partial charge in [0.25, 0.3) is 0 Å². The standard InChI is InChI=1S/C14H9ClF2N2/c15-9-3-1-8(2-4-9)7-12-18-11-6-5-10(16)13(17)14(11)19-12/h1-6H,7H2,(H,18,19). The SMILES string of the molecule is Fc1ccc2[nH]c(Cc3ccc(Cl)cc3)nc2c1F. The van der Waals surface area contributed by atoms with Gasteiger partial charge in [-0.2, -0.15) is 0 Å². The van der Waals surface area contributed by atoms with Crippen molar-refractivity contribution >= 4 is 22.6 Å². The summed E-state index contributed by atoms with van der Waals surface area (Å²) in [5.41, 5.74) is 1.51. The first kappa shape index (κ1) is 12.1. The van der Waals surface area contributed by atoms with Crippen LogP contribution in [0.5, 0.6) is 0 Å². The highest BCUT2D eigenvalue weighted by Gasteiger charge is 2.11. The van der Waals surface area contributed by atoms with Gasteiger partial charge in [-0.1, -0.05) is 23.7 Å². The van der Waals surface area contributed by atoms with Crippen molar-refractivity contribution in [2.75, 3.05) is 0 Å². The van der Waals surface area contributed by atoms with E-state index in [1.54, 1.807) is 12.1 Å². The van der Waals surface area contributed by atoms with Crippen molar-refractivity contribution in [3.8, 4) is 0 Å². The molecule has 3 rings (SSSR count). The zero-order valence-electron chi connectivity index (χ0n) is 9.75. The summed E-state index contributed by atoms with van der Waals surface area (Å²) < 4.78 is 26.6. The monoisotopic (exact) mass is 278 g/mol. The molecule has 0 aliphatic carbocycles. The number of H-pyrrole nitrogens is 1. The third-order valence-electron chi connectivity index (χ3n) is 2.88. The van der Waals surface area contributed by atoms with Crippen molar-refractivity contribution in [1.29, 1.82) is 0 Å². The fourth-order valence-corrected chi connectivity index (χ4v) is 2.07. The molecule has 0 spiro atoms. The molecule has 0 radical (unpaired) electrons. The van der Waals surface area contributed by atoms with Crippen molar-refractivity contribution in [2.24, 2.45) is 0 Å². The van der Waals surface area contributed by atoms with Crippen LogP contribution in [0.4, 0.5) is 8.78 Å². The number of fused-ring (bicyclic) bond motifs is 1. The largest absolute Gasteiger partial charge is 0.342 e. The van der Waals surface area contributed by atoms with Gasteiger partial charge in [-0.3, -0.25) is 0 Å². The number of halogens is 3. The van der Waals surface area contributed by atoms with Crippen LogP contribution in [0.1, 0.15) is 11.4 Å². The number of hydrogen-bond acceptors (Lipinski definition) is 1. The van der Waals surface area contributed by atoms with Crippen molar-refractivity contribution in [3.05, 3.63) is 64.4 Å². The minimum absolute atomic E-state index is 0.0314. The lowest BCUT2D eigenvalue weighted by molar-refractivity contribution is 0.515. The van der Waals surface area contributed by atoms with Crippen molar-refractivity contribution in [2.45, 2.75) is 6.42 Å². The first-order valence-corrected chi connectivity index (χ1v) is 6.08. The van der Waals surface area contributed by atoms with E-state index in [1.807, 2.05) is 12.1 Å². The topological polar surface area (TPSA) is 28.7 Å². The van der Waals surface area contributed by atoms with Crippen LogP contribution in [0.2, 0.25) is 5.02 Å². The van der Waals surface area contributed by atoms with Gasteiger partial charge < -0.3 is 4.98 Å². The maximum absolute atomic E-state index is 13.5. The van der Waals surface area contributed by atoms with E-state index in [0.717, 1.165) is 11.6 Å². The Kier molecular flexibility index (Phi) is 2.95. The third kappa shape index (κ3) is 2.31. The highest BCUT2D eigenvalue weighted by atomic mass is 35.5. The summed E-state index contributed by atoms with van der Waals surface area (Å²) in [5, 5.41) is 0.654. The molecule has 2 aromatic carbocycles. The maximum atomic E-state index is 13.5. The molecule has 1 heterocycles. The van der Waals surface area contributed by atoms with Gasteiger partial charge in [-0.05, 0) is 29.8 Å². The second-order valence-electron chi connectivity index (χ2n) is 4.24. The molecule has 2 nitrogen and oxygen atoms in total. The van der Waals surface area contributed by atoms with Gasteiger partial charge in [0.15, 0.2) is 11.6 Å². The number of hydrogen-bond donors (Lipinski definition) is 1. The minimum atomic E-state index is -0.920. The minimum Gasteiger partial charge on any atom is -0.342 e. The Morgan fingerprint density at radius 1 is 1.05 bits per heavy atom. The maximum Gasteiger partial charge on any atom is 0.186 e. The second kappa shape index (κ2) is 4.63. The van der Waals surface area contributed by atoms with Crippen LogP contribution in [0, 0.1) is 11.6 Å². The van der Waals surface area contributed by atoms with Gasteiger partial charge in [0.05, 0.1) is 5.52 Å². The molecule has 19 heavy (non-hydrogen) atoms. The summed E-state index contributed by atoms with van der Waals surface area (Å²) in [6.45, 7) is 0. The van der Waals surface area contributed by atoms with Gasteiger partial charge in [0.1, 0.15) is 11.3 Å². The Bertz CT molecular complexity index is 735. The molecule has 0 amide bonds. The van der Waals surface area contributed by atoms with Crippen LogP contribution in [0.3, 0.4) is 0 Å². The van der Waals surface area contributed by atoms with Crippen LogP contribution in [-0.4, -0.2) is 9.97 Å². The molecule has 0 aliphatic rings. The first-order chi connectivity index (χ1) is 9.13. The van der Waals surface area contributed by atoms with Crippen molar-refractivity contribution < 1.29 is 8.78 Å². The van der Waals surface area contributed by atoms with E-state index in [4.69, 9.17) is 11.6 Å². The summed E-state index contributed by atoms with van der Waals surface area (Å²) in [7, 11) is 0. The summed E-state index contributed by atoms with van der Waals surface area (Å²) in [4.78, 5) is 7.06. The van der Waals surface area contributed by atoms with Gasteiger partial charge in [-0.25, -0.2) is 13.8 Å². The van der Waals surface area contributed by atoms with Crippen molar-refractivity contribution in [1.82, 2.24) is 9.97 Å². The Labute approximate surface area is 113 Å². The van der Waals surface area contributed by atoms with Crippen LogP contribution in [-0.2, 0) is 6.42 Å². The molecule has 5 heteroatoms. The van der Waals surface area contributed by atoms with Crippen LogP contribution in [0.25, 0.3) is 11.0 Å². The van der Waals surface area contributed by atoms with Crippen molar-refractivity contribution in [3.63, 3.8) is 0 Å². The molecule has 0 atom stereocenters. The number of nitrogens with zero attached hydrogens (tertiary/aromatic N) is 1. The number of rotatable bonds is 2. The molecular formula is C14H9ClF2N2. The highest BCUT2D eigenvalue weighted by Crippen LogP contribution is 2.19. The Balaban J connectivity index is 1.97. The predicted molar refractivity (Wildman–Crippen MR) is 70.3 cm³/mol. The zero-order chi connectivity index (χ0) is 13.4. The Morgan fingerprint density at radius 2 is 1.79 bits per heavy atom. The van der Waals surface area contributed by atoms with Gasteiger partial charge >= 0.3 is 0 Å². The first-order valence-electron chi connectivity index (χ1n) is 5.70. The summed E-state index contributed by atoms with van der Waals surface area (Å²) in [5.74, 6) is -1.23. The Morgan fingerprint density at radius 3 is 2.53 bits per heavy atom. The van der Waals surface area contributed by atoms with Gasteiger partial charge in [0, 0.05) is 11.4 Å². The lowest BCUT2D eigenvalue weighted by Crippen LogP contribution is -1.90. The number of benzene rings is 2. The molecule has 0 unspecified atom stereocenters. The summed E-state index contributed by atoms with van der Waals surface area (Å²) >= 11 is 5.80. The molecule has 0 saturated heterocycles. The molecular weight excluding hydrogens is 270 g/mol. The molecule has 1 aromatic heterocycles. The summed E-state index contributed by atoms with van der Waals surface area (Å²) in [6, 6.07) is 9.85. The van der Waals surface area contributed by atoms with E-state index in [9.17, 15) is 8.78 Å². The molecule has 96 valence electrons. The van der Waals surface area contributed by atoms with Crippen LogP contribution < -0.4 is 0 Å². The Hall–Kier alpha value is -1.94. The van der Waals surface area contributed by atoms with Gasteiger partial charge in [-0.15, -0.1) is 0 Å². The number of aromatic nitrogens is 2. The quantitative estimate of drug-likeness (QED) is 0.751. The average Bonchev–Trinajstić information content (AvgIpc) is 2.80. The molecule has 0 saturated carbocycles. The van der Waals surface area contributed by atoms with Crippen LogP contribution >= 0.6 is 11.6 Å². The van der Waals surface area contributed by atoms with Crippen LogP contribution in [0.15, 0.2) is 36.4 Å². The number of aromatic amines is 1. The zero-order valence-corrected chi connectivity index (χ0v) is 10.5. The van der Waals surface area contributed by atoms with E-state index < -0.39 is 11.6 Å². The fourth-order valence-electron chi connectivity index (χ4n) is 1.95. The van der Waals surface area contributed by atoms with E-state index in [2.05, 4.69) is 9.97 Å². The van der Waals surface area contributed by atoms with E-state index in [1.165, 1.54) is 6.07 Å². The third-order valence-corrected chi connectivity index (χ3v) is 3.13. The number of nitrogens with one attached hydrogen (secondary N) is 1. The fraction of sp³-hybridized carbons (Fsp3) is 0.0714. The predicted octanol–water partition coefficient (Wildman–Crippen LogP) is 4.09. The highest BCUT2D eigenvalue weighted by molar-refractivity contribution is 6.30. The molecule has 0 bridgehead atoms. The van der Waals surface area contributed by atoms with E-state index in [0.29, 0.717) is 22.8 Å². The molecule has 0 aliphatic heterocycles. The van der Waals surface area contributed by atoms with E-state index >= 15 is 0 Å². The smallest absolute Gasteiger partial charge is 0.186 e. The normalized spacial score (nSPS) is 11.1. The number of imidazole rings is 1. The lowest BCUT2D eigenvalue weighted by Gasteiger charge is -1.97. The molecule has 1 N–H and O–H groups in total. The summed E-state index contributed by atoms with van der Waals surface area (Å²) in [6.07, 6.45) is 0.507. The average molecular weight is 279 g/mol. The molecule has 3 aromatic rings. The van der Waals surface area contributed by atoms with Gasteiger partial charge in [0.2, 0.25) is 0 Å². The lowest BCUT2D eigenvalue weighted by atomic mass is 10.1.